The summed E-state index contributed by atoms with van der Waals surface area (Å²) in [6.07, 6.45) is 9.90. The number of nitrogens with one attached hydrogen (secondary N) is 1. The third-order valence-corrected chi connectivity index (χ3v) is 6.73. The van der Waals surface area contributed by atoms with E-state index in [1.807, 2.05) is 4.90 Å². The zero-order chi connectivity index (χ0) is 20.7. The van der Waals surface area contributed by atoms with Crippen molar-refractivity contribution < 1.29 is 19.1 Å². The van der Waals surface area contributed by atoms with E-state index >= 15 is 0 Å². The summed E-state index contributed by atoms with van der Waals surface area (Å²) in [6, 6.07) is 0.0211. The van der Waals surface area contributed by atoms with Crippen LogP contribution in [0.25, 0.3) is 0 Å². The third-order valence-electron chi connectivity index (χ3n) is 5.65. The highest BCUT2D eigenvalue weighted by Gasteiger charge is 2.30. The van der Waals surface area contributed by atoms with Crippen molar-refractivity contribution in [1.82, 2.24) is 10.2 Å². The number of carbonyl (C=O) groups is 2. The summed E-state index contributed by atoms with van der Waals surface area (Å²) in [4.78, 5) is 26.7. The van der Waals surface area contributed by atoms with Gasteiger partial charge in [-0.25, -0.2) is 0 Å². The van der Waals surface area contributed by atoms with Crippen molar-refractivity contribution in [2.24, 2.45) is 11.7 Å². The summed E-state index contributed by atoms with van der Waals surface area (Å²) >= 11 is 1.74. The van der Waals surface area contributed by atoms with E-state index in [2.05, 4.69) is 5.32 Å². The molecule has 1 atom stereocenters. The van der Waals surface area contributed by atoms with Crippen molar-refractivity contribution in [2.75, 3.05) is 51.1 Å². The average Bonchev–Trinajstić information content (AvgIpc) is 3.19. The highest BCUT2D eigenvalue weighted by Crippen LogP contribution is 2.29. The molecule has 2 fully saturated rings. The molecular formula is C21H39N3O4S. The predicted molar refractivity (Wildman–Crippen MR) is 117 cm³/mol. The van der Waals surface area contributed by atoms with Gasteiger partial charge in [-0.15, -0.1) is 11.8 Å². The fourth-order valence-electron chi connectivity index (χ4n) is 4.04. The van der Waals surface area contributed by atoms with Gasteiger partial charge in [0.15, 0.2) is 0 Å². The first kappa shape index (κ1) is 24.4. The zero-order valence-electron chi connectivity index (χ0n) is 17.7. The number of nitrogens with two attached hydrogens (primary N) is 1. The average molecular weight is 430 g/mol. The van der Waals surface area contributed by atoms with E-state index in [4.69, 9.17) is 15.2 Å². The van der Waals surface area contributed by atoms with Crippen LogP contribution in [0.2, 0.25) is 0 Å². The van der Waals surface area contributed by atoms with Gasteiger partial charge in [0, 0.05) is 31.7 Å². The van der Waals surface area contributed by atoms with Crippen LogP contribution in [0.15, 0.2) is 0 Å². The number of nitrogens with zero attached hydrogens (tertiary/aromatic N) is 1. The third kappa shape index (κ3) is 10.2. The standard InChI is InChI=1S/C21H39N3O4S/c22-9-11-27-13-14-28-12-10-23-20(25)15-19-16-29-17-24(19)21(26)8-4-7-18-5-2-1-3-6-18/h18-19H,1-17,22H2,(H,23,25). The van der Waals surface area contributed by atoms with Gasteiger partial charge in [-0.1, -0.05) is 32.1 Å². The van der Waals surface area contributed by atoms with Gasteiger partial charge in [0.2, 0.25) is 11.8 Å². The molecule has 1 saturated carbocycles. The topological polar surface area (TPSA) is 93.9 Å². The maximum absolute atomic E-state index is 12.6. The minimum Gasteiger partial charge on any atom is -0.378 e. The lowest BCUT2D eigenvalue weighted by atomic mass is 9.86. The molecule has 168 valence electrons. The largest absolute Gasteiger partial charge is 0.378 e. The Bertz CT molecular complexity index is 475. The number of carbonyl (C=O) groups excluding carboxylic acids is 2. The summed E-state index contributed by atoms with van der Waals surface area (Å²) in [6.45, 7) is 3.00. The van der Waals surface area contributed by atoms with Crippen molar-refractivity contribution in [3.05, 3.63) is 0 Å². The van der Waals surface area contributed by atoms with Gasteiger partial charge < -0.3 is 25.4 Å². The summed E-state index contributed by atoms with van der Waals surface area (Å²) in [5.74, 6) is 2.58. The van der Waals surface area contributed by atoms with Crippen LogP contribution in [0, 0.1) is 5.92 Å². The quantitative estimate of drug-likeness (QED) is 0.411. The number of hydrogen-bond acceptors (Lipinski definition) is 6. The highest BCUT2D eigenvalue weighted by atomic mass is 32.2. The van der Waals surface area contributed by atoms with Gasteiger partial charge in [0.05, 0.1) is 38.3 Å². The molecule has 1 aliphatic heterocycles. The Labute approximate surface area is 179 Å². The Morgan fingerprint density at radius 2 is 1.83 bits per heavy atom. The molecule has 0 spiro atoms. The first-order chi connectivity index (χ1) is 14.2. The van der Waals surface area contributed by atoms with E-state index in [9.17, 15) is 9.59 Å². The van der Waals surface area contributed by atoms with Gasteiger partial charge in [-0.05, 0) is 18.8 Å². The van der Waals surface area contributed by atoms with Gasteiger partial charge in [-0.3, -0.25) is 9.59 Å². The summed E-state index contributed by atoms with van der Waals surface area (Å²) in [5.41, 5.74) is 5.34. The van der Waals surface area contributed by atoms with Gasteiger partial charge >= 0.3 is 0 Å². The Hall–Kier alpha value is -0.830. The number of hydrogen-bond donors (Lipinski definition) is 2. The summed E-state index contributed by atoms with van der Waals surface area (Å²) in [7, 11) is 0. The lowest BCUT2D eigenvalue weighted by molar-refractivity contribution is -0.132. The van der Waals surface area contributed by atoms with E-state index in [0.29, 0.717) is 58.2 Å². The van der Waals surface area contributed by atoms with Crippen LogP contribution in [0.1, 0.15) is 57.8 Å². The maximum Gasteiger partial charge on any atom is 0.223 e. The van der Waals surface area contributed by atoms with Crippen LogP contribution in [0.4, 0.5) is 0 Å². The molecule has 0 aromatic heterocycles. The first-order valence-electron chi connectivity index (χ1n) is 11.2. The Balaban J connectivity index is 1.55. The number of thioether (sulfide) groups is 1. The molecule has 2 amide bonds. The minimum absolute atomic E-state index is 0.0134. The molecule has 0 radical (unpaired) electrons. The molecule has 0 bridgehead atoms. The Morgan fingerprint density at radius 1 is 1.07 bits per heavy atom. The van der Waals surface area contributed by atoms with Crippen LogP contribution in [0.5, 0.6) is 0 Å². The predicted octanol–water partition coefficient (Wildman–Crippen LogP) is 2.14. The SMILES string of the molecule is NCCOCCOCCNC(=O)CC1CSCN1C(=O)CCCC1CCCCC1. The number of rotatable bonds is 14. The second-order valence-corrected chi connectivity index (χ2v) is 8.98. The Kier molecular flexibility index (Phi) is 12.7. The van der Waals surface area contributed by atoms with E-state index in [1.165, 1.54) is 38.5 Å². The van der Waals surface area contributed by atoms with Crippen LogP contribution in [0.3, 0.4) is 0 Å². The second kappa shape index (κ2) is 15.0. The lowest BCUT2D eigenvalue weighted by Crippen LogP contribution is -2.40. The Morgan fingerprint density at radius 3 is 2.59 bits per heavy atom. The van der Waals surface area contributed by atoms with E-state index in [0.717, 1.165) is 18.1 Å². The van der Waals surface area contributed by atoms with Crippen LogP contribution in [-0.4, -0.2) is 73.9 Å². The molecule has 3 N–H and O–H groups in total. The number of ether oxygens (including phenoxy) is 2. The molecule has 1 heterocycles. The van der Waals surface area contributed by atoms with Crippen LogP contribution >= 0.6 is 11.8 Å². The molecule has 0 aromatic carbocycles. The van der Waals surface area contributed by atoms with Crippen LogP contribution in [-0.2, 0) is 19.1 Å². The van der Waals surface area contributed by atoms with Crippen molar-refractivity contribution in [1.29, 1.82) is 0 Å². The minimum atomic E-state index is -0.0134. The van der Waals surface area contributed by atoms with Gasteiger partial charge in [-0.2, -0.15) is 0 Å². The molecule has 1 unspecified atom stereocenters. The molecule has 2 aliphatic rings. The van der Waals surface area contributed by atoms with E-state index in [1.54, 1.807) is 11.8 Å². The molecule has 7 nitrogen and oxygen atoms in total. The van der Waals surface area contributed by atoms with Crippen LogP contribution < -0.4 is 11.1 Å². The molecule has 29 heavy (non-hydrogen) atoms. The molecular weight excluding hydrogens is 390 g/mol. The maximum atomic E-state index is 12.6. The molecule has 2 rings (SSSR count). The summed E-state index contributed by atoms with van der Waals surface area (Å²) < 4.78 is 10.6. The molecule has 0 aromatic rings. The second-order valence-electron chi connectivity index (χ2n) is 7.98. The fourth-order valence-corrected chi connectivity index (χ4v) is 5.27. The molecule has 8 heteroatoms. The fraction of sp³-hybridized carbons (Fsp3) is 0.905. The molecule has 1 saturated heterocycles. The van der Waals surface area contributed by atoms with E-state index in [-0.39, 0.29) is 17.9 Å². The van der Waals surface area contributed by atoms with E-state index < -0.39 is 0 Å². The summed E-state index contributed by atoms with van der Waals surface area (Å²) in [5, 5.41) is 2.89. The van der Waals surface area contributed by atoms with Gasteiger partial charge in [0.1, 0.15) is 0 Å². The van der Waals surface area contributed by atoms with Crippen molar-refractivity contribution >= 4 is 23.6 Å². The number of amides is 2. The van der Waals surface area contributed by atoms with Gasteiger partial charge in [0.25, 0.3) is 0 Å². The van der Waals surface area contributed by atoms with Crippen molar-refractivity contribution in [3.63, 3.8) is 0 Å². The van der Waals surface area contributed by atoms with Crippen molar-refractivity contribution in [3.8, 4) is 0 Å². The monoisotopic (exact) mass is 429 g/mol. The smallest absolute Gasteiger partial charge is 0.223 e. The zero-order valence-corrected chi connectivity index (χ0v) is 18.6. The molecule has 1 aliphatic carbocycles. The normalized spacial score (nSPS) is 20.2. The lowest BCUT2D eigenvalue weighted by Gasteiger charge is -2.25. The first-order valence-corrected chi connectivity index (χ1v) is 12.4. The highest BCUT2D eigenvalue weighted by molar-refractivity contribution is 7.99. The van der Waals surface area contributed by atoms with Crippen molar-refractivity contribution in [2.45, 2.75) is 63.8 Å².